The molecule has 2 amide bonds. The Kier molecular flexibility index (Phi) is 8.90. The van der Waals surface area contributed by atoms with Gasteiger partial charge >= 0.3 is 6.18 Å². The number of carbonyl (C=O) groups is 2. The Hall–Kier alpha value is -2.34. The highest BCUT2D eigenvalue weighted by atomic mass is 19.4. The van der Waals surface area contributed by atoms with Gasteiger partial charge in [0.1, 0.15) is 5.82 Å². The van der Waals surface area contributed by atoms with Gasteiger partial charge in [0.15, 0.2) is 0 Å². The first-order valence-electron chi connectivity index (χ1n) is 10.2. The largest absolute Gasteiger partial charge is 0.389 e. The highest BCUT2D eigenvalue weighted by Crippen LogP contribution is 2.37. The Balaban J connectivity index is 2.00. The number of pyridine rings is 1. The first-order chi connectivity index (χ1) is 14.9. The van der Waals surface area contributed by atoms with Crippen LogP contribution in [0.15, 0.2) is 18.3 Å². The van der Waals surface area contributed by atoms with Crippen LogP contribution in [0.3, 0.4) is 0 Å². The highest BCUT2D eigenvalue weighted by Gasteiger charge is 2.38. The summed E-state index contributed by atoms with van der Waals surface area (Å²) in [4.78, 5) is 28.4. The Morgan fingerprint density at radius 3 is 2.56 bits per heavy atom. The van der Waals surface area contributed by atoms with Crippen LogP contribution in [0.1, 0.15) is 50.1 Å². The number of halogens is 5. The second-order valence-electron chi connectivity index (χ2n) is 7.87. The van der Waals surface area contributed by atoms with Gasteiger partial charge in [0.05, 0.1) is 25.1 Å². The summed E-state index contributed by atoms with van der Waals surface area (Å²) in [5.74, 6) is -4.39. The molecule has 1 fully saturated rings. The number of nitrogens with one attached hydrogen (secondary N) is 2. The zero-order chi connectivity index (χ0) is 23.9. The number of hydrogen-bond donors (Lipinski definition) is 3. The van der Waals surface area contributed by atoms with Crippen LogP contribution in [0, 0.1) is 5.92 Å². The maximum atomic E-state index is 13.3. The molecule has 1 aliphatic carbocycles. The van der Waals surface area contributed by atoms with Gasteiger partial charge in [-0.3, -0.25) is 9.59 Å². The average molecular weight is 466 g/mol. The van der Waals surface area contributed by atoms with Crippen molar-refractivity contribution in [3.05, 3.63) is 23.9 Å². The molecule has 7 nitrogen and oxygen atoms in total. The topological polar surface area (TPSA) is 106 Å². The lowest BCUT2D eigenvalue weighted by molar-refractivity contribution is -0.144. The number of ether oxygens (including phenoxy) is 1. The molecule has 1 unspecified atom stereocenters. The maximum Gasteiger partial charge on any atom is 0.389 e. The van der Waals surface area contributed by atoms with Gasteiger partial charge in [0, 0.05) is 32.6 Å². The van der Waals surface area contributed by atoms with E-state index >= 15 is 0 Å². The van der Waals surface area contributed by atoms with E-state index in [0.29, 0.717) is 5.56 Å². The molecule has 0 spiro atoms. The van der Waals surface area contributed by atoms with Crippen LogP contribution in [-0.4, -0.2) is 48.7 Å². The number of aromatic nitrogens is 1. The predicted molar refractivity (Wildman–Crippen MR) is 106 cm³/mol. The van der Waals surface area contributed by atoms with Crippen molar-refractivity contribution < 1.29 is 36.3 Å². The van der Waals surface area contributed by atoms with E-state index in [1.807, 2.05) is 0 Å². The second kappa shape index (κ2) is 11.0. The number of anilines is 1. The maximum absolute atomic E-state index is 13.3. The van der Waals surface area contributed by atoms with Crippen LogP contribution >= 0.6 is 0 Å². The molecule has 2 rings (SSSR count). The number of nitrogens with two attached hydrogens (primary N) is 1. The smallest absolute Gasteiger partial charge is 0.382 e. The lowest BCUT2D eigenvalue weighted by Crippen LogP contribution is -2.44. The van der Waals surface area contributed by atoms with E-state index in [9.17, 15) is 31.5 Å². The Morgan fingerprint density at radius 2 is 1.97 bits per heavy atom. The van der Waals surface area contributed by atoms with Crippen LogP contribution in [0.4, 0.5) is 27.8 Å². The number of methoxy groups -OCH3 is 1. The standard InChI is InChI=1S/C20H27F5N4O3/c1-32-11-14(28-16(30)4-8-20(23,24)25)13-5-9-27-15(10-13)29-18(31)17(26)12-2-6-19(21,22)7-3-12/h5,9-10,12,14,17H,2-4,6-8,11,26H2,1H3,(H,28,30)(H,27,29,31)/t14?,17-/m0/s1. The Bertz CT molecular complexity index is 781. The fraction of sp³-hybridized carbons (Fsp3) is 0.650. The predicted octanol–water partition coefficient (Wildman–Crippen LogP) is 3.32. The van der Waals surface area contributed by atoms with Gasteiger partial charge in [0.2, 0.25) is 17.7 Å². The molecule has 0 aliphatic heterocycles. The molecule has 2 atom stereocenters. The summed E-state index contributed by atoms with van der Waals surface area (Å²) in [5, 5.41) is 5.00. The molecular formula is C20H27F5N4O3. The quantitative estimate of drug-likeness (QED) is 0.484. The Labute approximate surface area is 182 Å². The fourth-order valence-electron chi connectivity index (χ4n) is 3.49. The van der Waals surface area contributed by atoms with Gasteiger partial charge in [0.25, 0.3) is 0 Å². The number of amides is 2. The van der Waals surface area contributed by atoms with Gasteiger partial charge in [-0.2, -0.15) is 13.2 Å². The van der Waals surface area contributed by atoms with E-state index in [-0.39, 0.29) is 44.0 Å². The van der Waals surface area contributed by atoms with Crippen molar-refractivity contribution in [2.45, 2.75) is 62.7 Å². The van der Waals surface area contributed by atoms with Gasteiger partial charge in [-0.1, -0.05) is 0 Å². The van der Waals surface area contributed by atoms with Crippen molar-refractivity contribution in [1.82, 2.24) is 10.3 Å². The van der Waals surface area contributed by atoms with Crippen LogP contribution in [-0.2, 0) is 14.3 Å². The third-order valence-electron chi connectivity index (χ3n) is 5.31. The molecule has 4 N–H and O–H groups in total. The molecule has 1 aliphatic rings. The summed E-state index contributed by atoms with van der Waals surface area (Å²) < 4.78 is 68.7. The summed E-state index contributed by atoms with van der Waals surface area (Å²) in [5.41, 5.74) is 6.40. The summed E-state index contributed by atoms with van der Waals surface area (Å²) in [6, 6.07) is 1.20. The second-order valence-corrected chi connectivity index (χ2v) is 7.87. The Morgan fingerprint density at radius 1 is 1.31 bits per heavy atom. The monoisotopic (exact) mass is 466 g/mol. The van der Waals surface area contributed by atoms with Gasteiger partial charge in [-0.15, -0.1) is 0 Å². The average Bonchev–Trinajstić information content (AvgIpc) is 2.71. The van der Waals surface area contributed by atoms with Crippen molar-refractivity contribution >= 4 is 17.6 Å². The van der Waals surface area contributed by atoms with Crippen LogP contribution in [0.25, 0.3) is 0 Å². The molecule has 1 saturated carbocycles. The van der Waals surface area contributed by atoms with E-state index < -0.39 is 48.8 Å². The number of rotatable bonds is 9. The number of hydrogen-bond acceptors (Lipinski definition) is 5. The van der Waals surface area contributed by atoms with Crippen LogP contribution in [0.5, 0.6) is 0 Å². The summed E-state index contributed by atoms with van der Waals surface area (Å²) in [6.07, 6.45) is -5.45. The summed E-state index contributed by atoms with van der Waals surface area (Å²) >= 11 is 0. The molecule has 0 saturated heterocycles. The van der Waals surface area contributed by atoms with Crippen molar-refractivity contribution in [2.24, 2.45) is 11.7 Å². The van der Waals surface area contributed by atoms with Gasteiger partial charge in [-0.25, -0.2) is 13.8 Å². The molecule has 0 radical (unpaired) electrons. The number of nitrogens with zero attached hydrogens (tertiary/aromatic N) is 1. The van der Waals surface area contributed by atoms with E-state index in [4.69, 9.17) is 10.5 Å². The molecule has 0 bridgehead atoms. The van der Waals surface area contributed by atoms with E-state index in [1.54, 1.807) is 0 Å². The number of alkyl halides is 5. The van der Waals surface area contributed by atoms with E-state index in [1.165, 1.54) is 25.4 Å². The highest BCUT2D eigenvalue weighted by molar-refractivity contribution is 5.94. The molecule has 1 aromatic rings. The van der Waals surface area contributed by atoms with Crippen LogP contribution in [0.2, 0.25) is 0 Å². The van der Waals surface area contributed by atoms with Gasteiger partial charge in [-0.05, 0) is 36.5 Å². The SMILES string of the molecule is COCC(NC(=O)CCC(F)(F)F)c1ccnc(NC(=O)[C@@H](N)C2CCC(F)(F)CC2)c1. The summed E-state index contributed by atoms with van der Waals surface area (Å²) in [7, 11) is 1.37. The van der Waals surface area contributed by atoms with Crippen molar-refractivity contribution in [1.29, 1.82) is 0 Å². The lowest BCUT2D eigenvalue weighted by atomic mass is 9.82. The minimum atomic E-state index is -4.45. The molecular weight excluding hydrogens is 439 g/mol. The zero-order valence-corrected chi connectivity index (χ0v) is 17.6. The number of carbonyl (C=O) groups excluding carboxylic acids is 2. The van der Waals surface area contributed by atoms with Crippen molar-refractivity contribution in [3.63, 3.8) is 0 Å². The molecule has 180 valence electrons. The normalized spacial score (nSPS) is 18.6. The molecule has 1 aromatic heterocycles. The van der Waals surface area contributed by atoms with Crippen molar-refractivity contribution in [3.8, 4) is 0 Å². The van der Waals surface area contributed by atoms with E-state index in [2.05, 4.69) is 15.6 Å². The summed E-state index contributed by atoms with van der Waals surface area (Å²) in [6.45, 7) is -0.0229. The molecule has 0 aromatic carbocycles. The van der Waals surface area contributed by atoms with E-state index in [0.717, 1.165) is 0 Å². The molecule has 1 heterocycles. The molecule has 12 heteroatoms. The minimum Gasteiger partial charge on any atom is -0.382 e. The first kappa shape index (κ1) is 25.9. The zero-order valence-electron chi connectivity index (χ0n) is 17.6. The molecule has 32 heavy (non-hydrogen) atoms. The van der Waals surface area contributed by atoms with Crippen LogP contribution < -0.4 is 16.4 Å². The first-order valence-corrected chi connectivity index (χ1v) is 10.2. The van der Waals surface area contributed by atoms with Crippen molar-refractivity contribution in [2.75, 3.05) is 19.0 Å². The van der Waals surface area contributed by atoms with Gasteiger partial charge < -0.3 is 21.1 Å². The fourth-order valence-corrected chi connectivity index (χ4v) is 3.49. The third-order valence-corrected chi connectivity index (χ3v) is 5.31. The third kappa shape index (κ3) is 8.30. The minimum absolute atomic E-state index is 0.0229. The lowest BCUT2D eigenvalue weighted by Gasteiger charge is -2.31.